The van der Waals surface area contributed by atoms with E-state index in [1.165, 1.54) is 6.07 Å². The summed E-state index contributed by atoms with van der Waals surface area (Å²) in [4.78, 5) is 0. The van der Waals surface area contributed by atoms with Crippen LogP contribution in [-0.4, -0.2) is 18.6 Å². The smallest absolute Gasteiger partial charge is 0.488 e. The van der Waals surface area contributed by atoms with Gasteiger partial charge in [-0.25, -0.2) is 22.0 Å². The van der Waals surface area contributed by atoms with E-state index in [0.717, 1.165) is 37.8 Å². The average molecular weight is 733 g/mol. The lowest BCUT2D eigenvalue weighted by atomic mass is 9.86. The van der Waals surface area contributed by atoms with Gasteiger partial charge in [0.1, 0.15) is 35.6 Å². The largest absolute Gasteiger partial charge is 0.573 e. The molecule has 0 radical (unpaired) electrons. The van der Waals surface area contributed by atoms with Gasteiger partial charge in [-0.1, -0.05) is 32.3 Å². The maximum absolute atomic E-state index is 15.0. The Bertz CT molecular complexity index is 1560. The summed E-state index contributed by atoms with van der Waals surface area (Å²) in [5.74, 6) is -12.8. The topological polar surface area (TPSA) is 36.9 Å². The predicted octanol–water partition coefficient (Wildman–Crippen LogP) is 11.3. The van der Waals surface area contributed by atoms with Gasteiger partial charge >= 0.3 is 18.6 Å². The van der Waals surface area contributed by atoms with E-state index in [1.54, 1.807) is 0 Å². The Labute approximate surface area is 279 Å². The molecular weight excluding hydrogens is 700 g/mol. The molecule has 0 atom stereocenters. The average Bonchev–Trinajstić information content (AvgIpc) is 3.00. The lowest BCUT2D eigenvalue weighted by Gasteiger charge is -2.34. The second-order valence-corrected chi connectivity index (χ2v) is 11.8. The summed E-state index contributed by atoms with van der Waals surface area (Å²) in [6.07, 6.45) is -11.8. The molecule has 0 amide bonds. The van der Waals surface area contributed by atoms with Crippen LogP contribution < -0.4 is 14.2 Å². The molecule has 4 nitrogen and oxygen atoms in total. The van der Waals surface area contributed by atoms with Gasteiger partial charge in [-0.2, -0.15) is 17.6 Å². The molecule has 276 valence electrons. The van der Waals surface area contributed by atoms with Gasteiger partial charge in [0.05, 0.1) is 23.1 Å². The maximum atomic E-state index is 15.0. The van der Waals surface area contributed by atoms with E-state index in [2.05, 4.69) is 9.47 Å². The lowest BCUT2D eigenvalue weighted by molar-refractivity contribution is -0.286. The van der Waals surface area contributed by atoms with Gasteiger partial charge in [0, 0.05) is 24.3 Å². The summed E-state index contributed by atoms with van der Waals surface area (Å²) in [6.45, 7) is 0.972. The van der Waals surface area contributed by atoms with Crippen molar-refractivity contribution in [3.05, 3.63) is 88.2 Å². The summed E-state index contributed by atoms with van der Waals surface area (Å²) in [7, 11) is 0. The standard InChI is InChI=1S/C34H32F12O4/c1-2-3-4-5-6-19-7-12-25(28(37)13-19)33(42,43)48-21-10-8-20(9-11-21)32(40,41)49-23-16-26(35)24(27(36)17-23)18-47-22-14-29(38)31(30(39)15-22)50-34(44,45)46/h7,12-17,20-21H,2-6,8-11,18H2,1H3. The summed E-state index contributed by atoms with van der Waals surface area (Å²) >= 11 is 0. The van der Waals surface area contributed by atoms with Crippen LogP contribution in [0, 0.1) is 35.0 Å². The van der Waals surface area contributed by atoms with E-state index in [4.69, 9.17) is 9.47 Å². The third-order valence-corrected chi connectivity index (χ3v) is 8.07. The highest BCUT2D eigenvalue weighted by Gasteiger charge is 2.47. The molecule has 4 rings (SSSR count). The van der Waals surface area contributed by atoms with Gasteiger partial charge in [-0.15, -0.1) is 13.2 Å². The molecule has 1 fully saturated rings. The van der Waals surface area contributed by atoms with E-state index < -0.39 is 94.7 Å². The zero-order chi connectivity index (χ0) is 36.9. The molecule has 1 aliphatic carbocycles. The van der Waals surface area contributed by atoms with Crippen LogP contribution in [0.2, 0.25) is 0 Å². The number of rotatable bonds is 15. The minimum absolute atomic E-state index is 0.268. The molecule has 0 saturated heterocycles. The number of hydrogen-bond donors (Lipinski definition) is 0. The van der Waals surface area contributed by atoms with E-state index >= 15 is 8.78 Å². The van der Waals surface area contributed by atoms with E-state index in [1.807, 2.05) is 6.92 Å². The number of hydrogen-bond acceptors (Lipinski definition) is 4. The molecule has 0 bridgehead atoms. The van der Waals surface area contributed by atoms with Gasteiger partial charge in [-0.05, 0) is 56.2 Å². The monoisotopic (exact) mass is 732 g/mol. The first-order valence-electron chi connectivity index (χ1n) is 15.7. The molecule has 0 aliphatic heterocycles. The maximum Gasteiger partial charge on any atom is 0.573 e. The normalized spacial score (nSPS) is 17.1. The number of alkyl halides is 7. The van der Waals surface area contributed by atoms with Crippen LogP contribution in [0.25, 0.3) is 0 Å². The van der Waals surface area contributed by atoms with E-state index in [-0.39, 0.29) is 37.8 Å². The Kier molecular flexibility index (Phi) is 12.5. The first-order chi connectivity index (χ1) is 23.4. The fraction of sp³-hybridized carbons (Fsp3) is 0.471. The highest BCUT2D eigenvalue weighted by Crippen LogP contribution is 2.42. The van der Waals surface area contributed by atoms with Crippen molar-refractivity contribution in [1.29, 1.82) is 0 Å². The molecule has 3 aromatic rings. The van der Waals surface area contributed by atoms with Crippen LogP contribution in [0.15, 0.2) is 42.5 Å². The van der Waals surface area contributed by atoms with Crippen molar-refractivity contribution in [2.75, 3.05) is 0 Å². The number of aryl methyl sites for hydroxylation is 1. The van der Waals surface area contributed by atoms with Crippen molar-refractivity contribution in [3.8, 4) is 17.2 Å². The highest BCUT2D eigenvalue weighted by atomic mass is 19.4. The van der Waals surface area contributed by atoms with E-state index in [9.17, 15) is 43.9 Å². The number of halogens is 12. The molecule has 0 unspecified atom stereocenters. The highest BCUT2D eigenvalue weighted by molar-refractivity contribution is 5.36. The van der Waals surface area contributed by atoms with Gasteiger partial charge in [0.25, 0.3) is 0 Å². The van der Waals surface area contributed by atoms with Crippen LogP contribution in [0.5, 0.6) is 17.2 Å². The lowest BCUT2D eigenvalue weighted by Crippen LogP contribution is -2.39. The van der Waals surface area contributed by atoms with Crippen LogP contribution in [0.1, 0.15) is 75.0 Å². The quantitative estimate of drug-likeness (QED) is 0.115. The molecule has 50 heavy (non-hydrogen) atoms. The van der Waals surface area contributed by atoms with Crippen LogP contribution in [0.3, 0.4) is 0 Å². The molecule has 0 N–H and O–H groups in total. The van der Waals surface area contributed by atoms with Crippen molar-refractivity contribution < 1.29 is 71.6 Å². The third-order valence-electron chi connectivity index (χ3n) is 8.07. The Morgan fingerprint density at radius 1 is 0.660 bits per heavy atom. The summed E-state index contributed by atoms with van der Waals surface area (Å²) in [5.41, 5.74) is -1.31. The van der Waals surface area contributed by atoms with Crippen molar-refractivity contribution in [1.82, 2.24) is 0 Å². The van der Waals surface area contributed by atoms with Gasteiger partial charge in [0.15, 0.2) is 11.6 Å². The SMILES string of the molecule is CCCCCCc1ccc(C(F)(F)OC2CCC(C(F)(F)Oc3cc(F)c(COc4cc(F)c(OC(F)(F)F)c(F)c4)c(F)c3)CC2)c(F)c1. The molecule has 3 aromatic carbocycles. The van der Waals surface area contributed by atoms with Gasteiger partial charge in [0.2, 0.25) is 5.75 Å². The predicted molar refractivity (Wildman–Crippen MR) is 154 cm³/mol. The molecule has 1 aliphatic rings. The Hall–Kier alpha value is -3.82. The number of ether oxygens (including phenoxy) is 4. The second-order valence-electron chi connectivity index (χ2n) is 11.8. The Morgan fingerprint density at radius 2 is 1.26 bits per heavy atom. The number of benzene rings is 3. The first kappa shape index (κ1) is 39.0. The van der Waals surface area contributed by atoms with Gasteiger partial charge in [-0.3, -0.25) is 0 Å². The molecule has 0 spiro atoms. The molecule has 16 heteroatoms. The Morgan fingerprint density at radius 3 is 1.82 bits per heavy atom. The van der Waals surface area contributed by atoms with Crippen molar-refractivity contribution in [3.63, 3.8) is 0 Å². The van der Waals surface area contributed by atoms with Gasteiger partial charge < -0.3 is 18.9 Å². The molecule has 0 aromatic heterocycles. The van der Waals surface area contributed by atoms with Crippen molar-refractivity contribution >= 4 is 0 Å². The fourth-order valence-corrected chi connectivity index (χ4v) is 5.50. The summed E-state index contributed by atoms with van der Waals surface area (Å²) in [5, 5.41) is 0. The van der Waals surface area contributed by atoms with E-state index in [0.29, 0.717) is 24.1 Å². The van der Waals surface area contributed by atoms with Crippen molar-refractivity contribution in [2.24, 2.45) is 5.92 Å². The minimum atomic E-state index is -5.41. The molecular formula is C34H32F12O4. The minimum Gasteiger partial charge on any atom is -0.488 e. The molecule has 1 saturated carbocycles. The summed E-state index contributed by atoms with van der Waals surface area (Å²) in [6, 6.07) is 4.67. The zero-order valence-corrected chi connectivity index (χ0v) is 26.4. The second kappa shape index (κ2) is 16.0. The third kappa shape index (κ3) is 10.4. The van der Waals surface area contributed by atoms with Crippen LogP contribution in [0.4, 0.5) is 52.7 Å². The van der Waals surface area contributed by atoms with Crippen LogP contribution in [-0.2, 0) is 23.9 Å². The van der Waals surface area contributed by atoms with Crippen LogP contribution >= 0.6 is 0 Å². The van der Waals surface area contributed by atoms with Crippen molar-refractivity contribution in [2.45, 2.75) is 96.0 Å². The zero-order valence-electron chi connectivity index (χ0n) is 26.4. The Balaban J connectivity index is 1.32. The number of unbranched alkanes of at least 4 members (excludes halogenated alkanes) is 3. The summed E-state index contributed by atoms with van der Waals surface area (Å²) < 4.78 is 186. The molecule has 0 heterocycles. The fourth-order valence-electron chi connectivity index (χ4n) is 5.50. The first-order valence-corrected chi connectivity index (χ1v) is 15.7.